The van der Waals surface area contributed by atoms with E-state index in [-0.39, 0.29) is 11.9 Å². The van der Waals surface area contributed by atoms with E-state index in [0.29, 0.717) is 5.69 Å². The summed E-state index contributed by atoms with van der Waals surface area (Å²) in [7, 11) is 0. The van der Waals surface area contributed by atoms with Crippen LogP contribution in [0.4, 0.5) is 0 Å². The van der Waals surface area contributed by atoms with Gasteiger partial charge in [-0.3, -0.25) is 4.79 Å². The van der Waals surface area contributed by atoms with Crippen LogP contribution in [0.5, 0.6) is 0 Å². The molecule has 1 amide bonds. The van der Waals surface area contributed by atoms with E-state index in [9.17, 15) is 4.79 Å². The number of carbonyl (C=O) groups excluding carboxylic acids is 1. The first-order valence-corrected chi connectivity index (χ1v) is 7.47. The summed E-state index contributed by atoms with van der Waals surface area (Å²) in [4.78, 5) is 15.5. The Kier molecular flexibility index (Phi) is 3.38. The number of likely N-dealkylation sites (tertiary alicyclic amines) is 1. The van der Waals surface area contributed by atoms with E-state index in [1.807, 2.05) is 16.3 Å². The van der Waals surface area contributed by atoms with E-state index in [1.54, 1.807) is 17.4 Å². The molecule has 1 aliphatic rings. The Labute approximate surface area is 116 Å². The zero-order chi connectivity index (χ0) is 13.2. The second-order valence-electron chi connectivity index (χ2n) is 4.75. The standard InChI is InChI=1S/C14H16N2O2S/c1-2-4-10-9-11(15-18-10)14(17)16-7-6-12(16)13-5-3-8-19-13/h3,5,8-9,12H,2,4,6-7H2,1H3/t12-/m1/s1. The van der Waals surface area contributed by atoms with Crippen LogP contribution < -0.4 is 0 Å². The predicted octanol–water partition coefficient (Wildman–Crippen LogP) is 3.28. The first-order chi connectivity index (χ1) is 9.29. The van der Waals surface area contributed by atoms with Crippen LogP contribution in [0.25, 0.3) is 0 Å². The van der Waals surface area contributed by atoms with Gasteiger partial charge in [0.25, 0.3) is 5.91 Å². The highest BCUT2D eigenvalue weighted by Crippen LogP contribution is 2.36. The molecule has 0 aliphatic carbocycles. The van der Waals surface area contributed by atoms with E-state index < -0.39 is 0 Å². The molecule has 4 nitrogen and oxygen atoms in total. The van der Waals surface area contributed by atoms with Gasteiger partial charge in [0.1, 0.15) is 5.76 Å². The maximum Gasteiger partial charge on any atom is 0.276 e. The number of aryl methyl sites for hydroxylation is 1. The molecule has 100 valence electrons. The van der Waals surface area contributed by atoms with Crippen LogP contribution in [0.2, 0.25) is 0 Å². The topological polar surface area (TPSA) is 46.3 Å². The first kappa shape index (κ1) is 12.4. The summed E-state index contributed by atoms with van der Waals surface area (Å²) in [5.41, 5.74) is 0.435. The second kappa shape index (κ2) is 5.17. The van der Waals surface area contributed by atoms with Crippen LogP contribution in [0.15, 0.2) is 28.1 Å². The van der Waals surface area contributed by atoms with E-state index in [2.05, 4.69) is 18.1 Å². The monoisotopic (exact) mass is 276 g/mol. The van der Waals surface area contributed by atoms with Crippen molar-refractivity contribution in [3.05, 3.63) is 39.9 Å². The molecule has 0 bridgehead atoms. The van der Waals surface area contributed by atoms with Crippen molar-refractivity contribution in [3.63, 3.8) is 0 Å². The number of hydrogen-bond acceptors (Lipinski definition) is 4. The normalized spacial score (nSPS) is 18.4. The van der Waals surface area contributed by atoms with Gasteiger partial charge in [0.2, 0.25) is 0 Å². The Morgan fingerprint density at radius 2 is 2.53 bits per heavy atom. The van der Waals surface area contributed by atoms with Gasteiger partial charge in [-0.15, -0.1) is 11.3 Å². The highest BCUT2D eigenvalue weighted by molar-refractivity contribution is 7.10. The average molecular weight is 276 g/mol. The van der Waals surface area contributed by atoms with Crippen molar-refractivity contribution in [2.75, 3.05) is 6.54 Å². The minimum atomic E-state index is -0.0178. The minimum Gasteiger partial charge on any atom is -0.361 e. The molecule has 1 atom stereocenters. The van der Waals surface area contributed by atoms with Crippen molar-refractivity contribution in [2.24, 2.45) is 0 Å². The highest BCUT2D eigenvalue weighted by atomic mass is 32.1. The van der Waals surface area contributed by atoms with Crippen LogP contribution in [0, 0.1) is 0 Å². The maximum absolute atomic E-state index is 12.4. The van der Waals surface area contributed by atoms with Crippen molar-refractivity contribution < 1.29 is 9.32 Å². The predicted molar refractivity (Wildman–Crippen MR) is 73.2 cm³/mol. The van der Waals surface area contributed by atoms with Crippen molar-refractivity contribution in [2.45, 2.75) is 32.2 Å². The molecular weight excluding hydrogens is 260 g/mol. The smallest absolute Gasteiger partial charge is 0.276 e. The largest absolute Gasteiger partial charge is 0.361 e. The van der Waals surface area contributed by atoms with Gasteiger partial charge in [-0.2, -0.15) is 0 Å². The molecule has 0 spiro atoms. The number of hydrogen-bond donors (Lipinski definition) is 0. The van der Waals surface area contributed by atoms with Crippen LogP contribution in [-0.4, -0.2) is 22.5 Å². The van der Waals surface area contributed by atoms with E-state index in [4.69, 9.17) is 4.52 Å². The molecule has 0 saturated carbocycles. The molecule has 5 heteroatoms. The fourth-order valence-corrected chi connectivity index (χ4v) is 3.21. The third-order valence-electron chi connectivity index (χ3n) is 3.43. The molecule has 0 aromatic carbocycles. The van der Waals surface area contributed by atoms with Gasteiger partial charge in [-0.25, -0.2) is 0 Å². The summed E-state index contributed by atoms with van der Waals surface area (Å²) >= 11 is 1.70. The average Bonchev–Trinajstić information content (AvgIpc) is 2.99. The third kappa shape index (κ3) is 2.30. The fourth-order valence-electron chi connectivity index (χ4n) is 2.33. The molecule has 0 radical (unpaired) electrons. The zero-order valence-corrected chi connectivity index (χ0v) is 11.7. The quantitative estimate of drug-likeness (QED) is 0.861. The summed E-state index contributed by atoms with van der Waals surface area (Å²) in [6.45, 7) is 2.88. The van der Waals surface area contributed by atoms with Crippen molar-refractivity contribution in [1.82, 2.24) is 10.1 Å². The van der Waals surface area contributed by atoms with Gasteiger partial charge in [0, 0.05) is 23.9 Å². The Hall–Kier alpha value is -1.62. The lowest BCUT2D eigenvalue weighted by Gasteiger charge is -2.39. The summed E-state index contributed by atoms with van der Waals surface area (Å²) in [6.07, 6.45) is 2.85. The number of aromatic nitrogens is 1. The highest BCUT2D eigenvalue weighted by Gasteiger charge is 2.35. The number of nitrogens with zero attached hydrogens (tertiary/aromatic N) is 2. The molecule has 1 saturated heterocycles. The van der Waals surface area contributed by atoms with Crippen LogP contribution in [0.3, 0.4) is 0 Å². The summed E-state index contributed by atoms with van der Waals surface area (Å²) in [5, 5.41) is 5.94. The van der Waals surface area contributed by atoms with Crippen molar-refractivity contribution in [1.29, 1.82) is 0 Å². The number of amides is 1. The van der Waals surface area contributed by atoms with Crippen LogP contribution in [-0.2, 0) is 6.42 Å². The van der Waals surface area contributed by atoms with Crippen molar-refractivity contribution in [3.8, 4) is 0 Å². The third-order valence-corrected chi connectivity index (χ3v) is 4.40. The Morgan fingerprint density at radius 1 is 1.63 bits per heavy atom. The van der Waals surface area contributed by atoms with E-state index in [1.165, 1.54) is 4.88 Å². The Bertz CT molecular complexity index is 562. The maximum atomic E-state index is 12.4. The number of carbonyl (C=O) groups is 1. The summed E-state index contributed by atoms with van der Waals surface area (Å²) in [5.74, 6) is 0.773. The first-order valence-electron chi connectivity index (χ1n) is 6.59. The summed E-state index contributed by atoms with van der Waals surface area (Å²) < 4.78 is 5.18. The number of rotatable bonds is 4. The lowest BCUT2D eigenvalue weighted by molar-refractivity contribution is 0.0457. The van der Waals surface area contributed by atoms with Gasteiger partial charge < -0.3 is 9.42 Å². The van der Waals surface area contributed by atoms with Crippen molar-refractivity contribution >= 4 is 17.2 Å². The lowest BCUT2D eigenvalue weighted by Crippen LogP contribution is -2.44. The van der Waals surface area contributed by atoms with E-state index >= 15 is 0 Å². The molecule has 3 rings (SSSR count). The fraction of sp³-hybridized carbons (Fsp3) is 0.429. The molecule has 2 aromatic rings. The molecule has 3 heterocycles. The SMILES string of the molecule is CCCc1cc(C(=O)N2CC[C@@H]2c2cccs2)no1. The van der Waals surface area contributed by atoms with Crippen LogP contribution >= 0.6 is 11.3 Å². The van der Waals surface area contributed by atoms with Gasteiger partial charge in [0.05, 0.1) is 6.04 Å². The molecule has 0 N–H and O–H groups in total. The molecule has 19 heavy (non-hydrogen) atoms. The van der Waals surface area contributed by atoms with Crippen LogP contribution in [0.1, 0.15) is 46.9 Å². The Morgan fingerprint density at radius 3 is 3.16 bits per heavy atom. The molecule has 1 aliphatic heterocycles. The molecule has 2 aromatic heterocycles. The molecular formula is C14H16N2O2S. The number of thiophene rings is 1. The van der Waals surface area contributed by atoms with Gasteiger partial charge in [-0.1, -0.05) is 18.1 Å². The van der Waals surface area contributed by atoms with E-state index in [0.717, 1.165) is 31.6 Å². The minimum absolute atomic E-state index is 0.0178. The van der Waals surface area contributed by atoms with Gasteiger partial charge >= 0.3 is 0 Å². The van der Waals surface area contributed by atoms with Gasteiger partial charge in [-0.05, 0) is 24.3 Å². The molecule has 1 fully saturated rings. The lowest BCUT2D eigenvalue weighted by atomic mass is 10.0. The molecule has 0 unspecified atom stereocenters. The second-order valence-corrected chi connectivity index (χ2v) is 5.73. The van der Waals surface area contributed by atoms with Gasteiger partial charge in [0.15, 0.2) is 5.69 Å². The zero-order valence-electron chi connectivity index (χ0n) is 10.8. The Balaban J connectivity index is 1.73. The summed E-state index contributed by atoms with van der Waals surface area (Å²) in [6, 6.07) is 6.10.